The van der Waals surface area contributed by atoms with E-state index >= 15 is 0 Å². The van der Waals surface area contributed by atoms with Crippen LogP contribution in [-0.4, -0.2) is 75.4 Å². The molecule has 3 aliphatic rings. The highest BCUT2D eigenvalue weighted by Crippen LogP contribution is 2.28. The molecule has 3 aliphatic heterocycles. The first-order valence-corrected chi connectivity index (χ1v) is 8.47. The van der Waals surface area contributed by atoms with Gasteiger partial charge in [-0.25, -0.2) is 0 Å². The van der Waals surface area contributed by atoms with Gasteiger partial charge in [-0.05, 0) is 43.7 Å². The molecule has 0 bridgehead atoms. The summed E-state index contributed by atoms with van der Waals surface area (Å²) in [6, 6.07) is 0. The summed E-state index contributed by atoms with van der Waals surface area (Å²) < 4.78 is 5.45. The van der Waals surface area contributed by atoms with E-state index in [0.29, 0.717) is 5.41 Å². The molecule has 4 nitrogen and oxygen atoms in total. The quantitative estimate of drug-likeness (QED) is 0.833. The van der Waals surface area contributed by atoms with Crippen LogP contribution in [0.5, 0.6) is 0 Å². The Kier molecular flexibility index (Phi) is 4.97. The van der Waals surface area contributed by atoms with Crippen molar-refractivity contribution in [3.8, 4) is 0 Å². The monoisotopic (exact) mass is 281 g/mol. The zero-order chi connectivity index (χ0) is 13.8. The molecule has 2 atom stereocenters. The van der Waals surface area contributed by atoms with E-state index in [1.54, 1.807) is 0 Å². The van der Waals surface area contributed by atoms with Crippen LogP contribution in [0.4, 0.5) is 0 Å². The predicted molar refractivity (Wildman–Crippen MR) is 82.0 cm³/mol. The van der Waals surface area contributed by atoms with E-state index in [0.717, 1.165) is 32.2 Å². The first-order chi connectivity index (χ1) is 9.73. The van der Waals surface area contributed by atoms with Crippen molar-refractivity contribution in [1.29, 1.82) is 0 Å². The van der Waals surface area contributed by atoms with Crippen LogP contribution in [0.25, 0.3) is 0 Å². The molecular weight excluding hydrogens is 250 g/mol. The SMILES string of the molecule is CC1(CN2CCC[C@H](CN3CCOCC3)C2)CCNC1. The lowest BCUT2D eigenvalue weighted by Gasteiger charge is -2.39. The van der Waals surface area contributed by atoms with E-state index in [1.165, 1.54) is 58.5 Å². The maximum atomic E-state index is 5.45. The second-order valence-corrected chi connectivity index (χ2v) is 7.39. The van der Waals surface area contributed by atoms with Crippen molar-refractivity contribution in [2.75, 3.05) is 65.6 Å². The molecule has 3 rings (SSSR count). The molecule has 0 amide bonds. The summed E-state index contributed by atoms with van der Waals surface area (Å²) in [6.45, 7) is 14.2. The third-order valence-corrected chi connectivity index (χ3v) is 5.29. The first kappa shape index (κ1) is 14.8. The van der Waals surface area contributed by atoms with Crippen LogP contribution >= 0.6 is 0 Å². The minimum absolute atomic E-state index is 0.515. The number of rotatable bonds is 4. The number of piperidine rings is 1. The van der Waals surface area contributed by atoms with E-state index in [1.807, 2.05) is 0 Å². The fourth-order valence-corrected chi connectivity index (χ4v) is 4.14. The van der Waals surface area contributed by atoms with E-state index < -0.39 is 0 Å². The van der Waals surface area contributed by atoms with Gasteiger partial charge >= 0.3 is 0 Å². The van der Waals surface area contributed by atoms with Gasteiger partial charge in [0.1, 0.15) is 0 Å². The van der Waals surface area contributed by atoms with E-state index in [-0.39, 0.29) is 0 Å². The predicted octanol–water partition coefficient (Wildman–Crippen LogP) is 1.03. The molecule has 3 heterocycles. The van der Waals surface area contributed by atoms with Gasteiger partial charge in [0.15, 0.2) is 0 Å². The lowest BCUT2D eigenvalue weighted by Crippen LogP contribution is -2.47. The number of nitrogens with one attached hydrogen (secondary N) is 1. The van der Waals surface area contributed by atoms with Gasteiger partial charge in [-0.15, -0.1) is 0 Å². The number of hydrogen-bond donors (Lipinski definition) is 1. The molecule has 4 heteroatoms. The molecule has 20 heavy (non-hydrogen) atoms. The van der Waals surface area contributed by atoms with Crippen molar-refractivity contribution in [3.63, 3.8) is 0 Å². The summed E-state index contributed by atoms with van der Waals surface area (Å²) in [5, 5.41) is 3.53. The minimum atomic E-state index is 0.515. The lowest BCUT2D eigenvalue weighted by atomic mass is 9.87. The van der Waals surface area contributed by atoms with Crippen LogP contribution in [0.3, 0.4) is 0 Å². The average Bonchev–Trinajstić information content (AvgIpc) is 2.87. The number of ether oxygens (including phenoxy) is 1. The maximum Gasteiger partial charge on any atom is 0.0594 e. The second kappa shape index (κ2) is 6.73. The number of nitrogens with zero attached hydrogens (tertiary/aromatic N) is 2. The summed E-state index contributed by atoms with van der Waals surface area (Å²) in [5.74, 6) is 0.875. The third-order valence-electron chi connectivity index (χ3n) is 5.29. The number of likely N-dealkylation sites (tertiary alicyclic amines) is 1. The van der Waals surface area contributed by atoms with E-state index in [4.69, 9.17) is 4.74 Å². The summed E-state index contributed by atoms with van der Waals surface area (Å²) >= 11 is 0. The Labute approximate surface area is 123 Å². The van der Waals surface area contributed by atoms with Gasteiger partial charge in [0, 0.05) is 39.3 Å². The molecule has 0 aromatic carbocycles. The highest BCUT2D eigenvalue weighted by Gasteiger charge is 2.32. The van der Waals surface area contributed by atoms with Gasteiger partial charge in [0.05, 0.1) is 13.2 Å². The Bertz CT molecular complexity index is 298. The Hall–Kier alpha value is -0.160. The van der Waals surface area contributed by atoms with Crippen LogP contribution in [0.1, 0.15) is 26.2 Å². The highest BCUT2D eigenvalue weighted by molar-refractivity contribution is 4.88. The topological polar surface area (TPSA) is 27.7 Å². The molecule has 0 saturated carbocycles. The molecule has 0 aliphatic carbocycles. The van der Waals surface area contributed by atoms with Gasteiger partial charge in [-0.2, -0.15) is 0 Å². The fraction of sp³-hybridized carbons (Fsp3) is 1.00. The first-order valence-electron chi connectivity index (χ1n) is 8.47. The smallest absolute Gasteiger partial charge is 0.0594 e. The second-order valence-electron chi connectivity index (χ2n) is 7.39. The van der Waals surface area contributed by atoms with Crippen molar-refractivity contribution < 1.29 is 4.74 Å². The molecule has 0 spiro atoms. The molecule has 3 saturated heterocycles. The van der Waals surface area contributed by atoms with E-state index in [9.17, 15) is 0 Å². The zero-order valence-corrected chi connectivity index (χ0v) is 13.1. The Balaban J connectivity index is 1.46. The highest BCUT2D eigenvalue weighted by atomic mass is 16.5. The van der Waals surface area contributed by atoms with Gasteiger partial charge < -0.3 is 15.0 Å². The summed E-state index contributed by atoms with van der Waals surface area (Å²) in [7, 11) is 0. The maximum absolute atomic E-state index is 5.45. The molecule has 0 aromatic heterocycles. The molecular formula is C16H31N3O. The summed E-state index contributed by atoms with van der Waals surface area (Å²) in [6.07, 6.45) is 4.15. The zero-order valence-electron chi connectivity index (χ0n) is 13.1. The van der Waals surface area contributed by atoms with Gasteiger partial charge in [0.25, 0.3) is 0 Å². The molecule has 3 fully saturated rings. The Morgan fingerprint density at radius 2 is 2.05 bits per heavy atom. The van der Waals surface area contributed by atoms with Crippen molar-refractivity contribution in [1.82, 2.24) is 15.1 Å². The van der Waals surface area contributed by atoms with Crippen molar-refractivity contribution in [2.24, 2.45) is 11.3 Å². The van der Waals surface area contributed by atoms with Crippen LogP contribution in [-0.2, 0) is 4.74 Å². The number of hydrogen-bond acceptors (Lipinski definition) is 4. The van der Waals surface area contributed by atoms with Crippen LogP contribution in [0, 0.1) is 11.3 Å². The third kappa shape index (κ3) is 3.94. The van der Waals surface area contributed by atoms with Crippen molar-refractivity contribution in [2.45, 2.75) is 26.2 Å². The van der Waals surface area contributed by atoms with Crippen molar-refractivity contribution in [3.05, 3.63) is 0 Å². The molecule has 1 N–H and O–H groups in total. The Morgan fingerprint density at radius 1 is 1.20 bits per heavy atom. The number of morpholine rings is 1. The minimum Gasteiger partial charge on any atom is -0.379 e. The van der Waals surface area contributed by atoms with Crippen molar-refractivity contribution >= 4 is 0 Å². The van der Waals surface area contributed by atoms with Gasteiger partial charge in [0.2, 0.25) is 0 Å². The standard InChI is InChI=1S/C16H31N3O/c1-16(4-5-17-13-16)14-19-6-2-3-15(12-19)11-18-7-9-20-10-8-18/h15,17H,2-14H2,1H3/t15-,16?/m1/s1. The lowest BCUT2D eigenvalue weighted by molar-refractivity contribution is 0.0203. The fourth-order valence-electron chi connectivity index (χ4n) is 4.14. The largest absolute Gasteiger partial charge is 0.379 e. The molecule has 0 aromatic rings. The molecule has 1 unspecified atom stereocenters. The van der Waals surface area contributed by atoms with Crippen LogP contribution in [0.2, 0.25) is 0 Å². The Morgan fingerprint density at radius 3 is 2.80 bits per heavy atom. The van der Waals surface area contributed by atoms with Crippen LogP contribution in [0.15, 0.2) is 0 Å². The molecule has 0 radical (unpaired) electrons. The average molecular weight is 281 g/mol. The van der Waals surface area contributed by atoms with Crippen LogP contribution < -0.4 is 5.32 Å². The molecule has 116 valence electrons. The summed E-state index contributed by atoms with van der Waals surface area (Å²) in [4.78, 5) is 5.35. The van der Waals surface area contributed by atoms with Gasteiger partial charge in [-0.3, -0.25) is 4.90 Å². The van der Waals surface area contributed by atoms with Gasteiger partial charge in [-0.1, -0.05) is 6.92 Å². The normalized spacial score (nSPS) is 37.4. The summed E-state index contributed by atoms with van der Waals surface area (Å²) in [5.41, 5.74) is 0.515. The van der Waals surface area contributed by atoms with E-state index in [2.05, 4.69) is 22.0 Å².